The van der Waals surface area contributed by atoms with Crippen molar-refractivity contribution < 1.29 is 4.79 Å². The fourth-order valence-electron chi connectivity index (χ4n) is 2.71. The molecule has 0 spiro atoms. The number of aryl methyl sites for hydroxylation is 2. The molecule has 0 aliphatic carbocycles. The van der Waals surface area contributed by atoms with Crippen LogP contribution in [0, 0.1) is 13.8 Å². The lowest BCUT2D eigenvalue weighted by Gasteiger charge is -2.25. The minimum atomic E-state index is -0.209. The Morgan fingerprint density at radius 2 is 1.95 bits per heavy atom. The largest absolute Gasteiger partial charge is 0.312 e. The summed E-state index contributed by atoms with van der Waals surface area (Å²) in [6.07, 6.45) is 0. The van der Waals surface area contributed by atoms with Crippen LogP contribution in [0.25, 0.3) is 0 Å². The number of rotatable bonds is 2. The van der Waals surface area contributed by atoms with Crippen LogP contribution in [0.15, 0.2) is 30.3 Å². The van der Waals surface area contributed by atoms with E-state index in [4.69, 9.17) is 0 Å². The van der Waals surface area contributed by atoms with Gasteiger partial charge in [0.05, 0.1) is 5.92 Å². The molecule has 1 unspecified atom stereocenters. The van der Waals surface area contributed by atoms with Gasteiger partial charge in [0.2, 0.25) is 11.9 Å². The van der Waals surface area contributed by atoms with Crippen LogP contribution in [0.5, 0.6) is 0 Å². The van der Waals surface area contributed by atoms with Crippen molar-refractivity contribution in [3.8, 4) is 0 Å². The first kappa shape index (κ1) is 13.7. The molecule has 0 radical (unpaired) electrons. The summed E-state index contributed by atoms with van der Waals surface area (Å²) in [6.45, 7) is 5.22. The molecule has 1 aromatic heterocycles. The fourth-order valence-corrected chi connectivity index (χ4v) is 2.71. The molecule has 3 rings (SSSR count). The van der Waals surface area contributed by atoms with Crippen molar-refractivity contribution in [2.75, 3.05) is 11.9 Å². The summed E-state index contributed by atoms with van der Waals surface area (Å²) in [5.41, 5.74) is 3.95. The molecule has 2 N–H and O–H groups in total. The van der Waals surface area contributed by atoms with E-state index in [1.54, 1.807) is 0 Å². The number of amides is 1. The van der Waals surface area contributed by atoms with Gasteiger partial charge in [0.25, 0.3) is 0 Å². The van der Waals surface area contributed by atoms with E-state index in [0.717, 1.165) is 23.5 Å². The smallest absolute Gasteiger partial charge is 0.235 e. The number of hydrogen-bond acceptors (Lipinski definition) is 4. The summed E-state index contributed by atoms with van der Waals surface area (Å²) in [5, 5.41) is 6.11. The second-order valence-corrected chi connectivity index (χ2v) is 5.35. The first-order chi connectivity index (χ1) is 10.1. The molecule has 5 heteroatoms. The van der Waals surface area contributed by atoms with Gasteiger partial charge in [-0.25, -0.2) is 9.97 Å². The van der Waals surface area contributed by atoms with Gasteiger partial charge in [0.1, 0.15) is 0 Å². The number of aromatic nitrogens is 2. The highest BCUT2D eigenvalue weighted by molar-refractivity contribution is 5.95. The molecule has 108 valence electrons. The van der Waals surface area contributed by atoms with Crippen LogP contribution in [0.1, 0.15) is 28.4 Å². The van der Waals surface area contributed by atoms with E-state index in [1.807, 2.05) is 38.1 Å². The van der Waals surface area contributed by atoms with Gasteiger partial charge in [0.15, 0.2) is 0 Å². The van der Waals surface area contributed by atoms with Gasteiger partial charge in [-0.15, -0.1) is 0 Å². The average Bonchev–Trinajstić information content (AvgIpc) is 2.45. The van der Waals surface area contributed by atoms with Gasteiger partial charge < -0.3 is 5.32 Å². The highest BCUT2D eigenvalue weighted by atomic mass is 16.2. The number of nitrogens with one attached hydrogen (secondary N) is 2. The van der Waals surface area contributed by atoms with E-state index in [-0.39, 0.29) is 11.8 Å². The Morgan fingerprint density at radius 3 is 2.71 bits per heavy atom. The van der Waals surface area contributed by atoms with Crippen molar-refractivity contribution in [1.29, 1.82) is 0 Å². The molecule has 0 saturated carbocycles. The van der Waals surface area contributed by atoms with Crippen molar-refractivity contribution in [2.24, 2.45) is 0 Å². The van der Waals surface area contributed by atoms with Crippen molar-refractivity contribution in [2.45, 2.75) is 26.3 Å². The van der Waals surface area contributed by atoms with E-state index in [0.29, 0.717) is 12.5 Å². The zero-order chi connectivity index (χ0) is 14.8. The Kier molecular flexibility index (Phi) is 3.66. The minimum Gasteiger partial charge on any atom is -0.312 e. The second kappa shape index (κ2) is 5.61. The summed E-state index contributed by atoms with van der Waals surface area (Å²) >= 11 is 0. The van der Waals surface area contributed by atoms with Gasteiger partial charge >= 0.3 is 0 Å². The molecule has 0 bridgehead atoms. The first-order valence-electron chi connectivity index (χ1n) is 7.05. The lowest BCUT2D eigenvalue weighted by atomic mass is 9.90. The number of carbonyl (C=O) groups excluding carboxylic acids is 1. The molecule has 1 aliphatic rings. The standard InChI is InChI=1S/C16H18N4O/c1-10-7-11(2)19-16(18-10)20-15(21)14-9-17-8-12-5-3-4-6-13(12)14/h3-7,14,17H,8-9H2,1-2H3,(H,18,19,20,21). The first-order valence-corrected chi connectivity index (χ1v) is 7.05. The summed E-state index contributed by atoms with van der Waals surface area (Å²) < 4.78 is 0. The molecule has 2 aromatic rings. The molecule has 1 aromatic carbocycles. The lowest BCUT2D eigenvalue weighted by Crippen LogP contribution is -2.35. The molecular formula is C16H18N4O. The van der Waals surface area contributed by atoms with Crippen LogP contribution in [0.4, 0.5) is 5.95 Å². The number of benzene rings is 1. The molecule has 1 amide bonds. The molecule has 0 fully saturated rings. The Labute approximate surface area is 123 Å². The van der Waals surface area contributed by atoms with Gasteiger partial charge in [-0.3, -0.25) is 10.1 Å². The molecule has 2 heterocycles. The third-order valence-electron chi connectivity index (χ3n) is 3.63. The van der Waals surface area contributed by atoms with Gasteiger partial charge in [0, 0.05) is 24.5 Å². The van der Waals surface area contributed by atoms with Crippen LogP contribution in [0.3, 0.4) is 0 Å². The molecule has 21 heavy (non-hydrogen) atoms. The topological polar surface area (TPSA) is 66.9 Å². The highest BCUT2D eigenvalue weighted by Crippen LogP contribution is 2.24. The van der Waals surface area contributed by atoms with Crippen molar-refractivity contribution in [3.05, 3.63) is 52.8 Å². The van der Waals surface area contributed by atoms with E-state index < -0.39 is 0 Å². The number of fused-ring (bicyclic) bond motifs is 1. The van der Waals surface area contributed by atoms with Crippen LogP contribution >= 0.6 is 0 Å². The zero-order valence-electron chi connectivity index (χ0n) is 12.2. The quantitative estimate of drug-likeness (QED) is 0.883. The Bertz CT molecular complexity index is 663. The molecule has 1 atom stereocenters. The number of carbonyl (C=O) groups is 1. The van der Waals surface area contributed by atoms with Crippen LogP contribution in [0.2, 0.25) is 0 Å². The second-order valence-electron chi connectivity index (χ2n) is 5.35. The van der Waals surface area contributed by atoms with Crippen LogP contribution < -0.4 is 10.6 Å². The summed E-state index contributed by atoms with van der Waals surface area (Å²) in [6, 6.07) is 9.91. The maximum Gasteiger partial charge on any atom is 0.235 e. The predicted molar refractivity (Wildman–Crippen MR) is 81.0 cm³/mol. The average molecular weight is 282 g/mol. The third-order valence-corrected chi connectivity index (χ3v) is 3.63. The predicted octanol–water partition coefficient (Wildman–Crippen LogP) is 1.92. The van der Waals surface area contributed by atoms with Gasteiger partial charge in [-0.2, -0.15) is 0 Å². The van der Waals surface area contributed by atoms with Crippen LogP contribution in [-0.4, -0.2) is 22.4 Å². The van der Waals surface area contributed by atoms with Crippen LogP contribution in [-0.2, 0) is 11.3 Å². The minimum absolute atomic E-state index is 0.0698. The molecule has 0 saturated heterocycles. The highest BCUT2D eigenvalue weighted by Gasteiger charge is 2.26. The summed E-state index contributed by atoms with van der Waals surface area (Å²) in [7, 11) is 0. The van der Waals surface area contributed by atoms with E-state index in [2.05, 4.69) is 26.7 Å². The Hall–Kier alpha value is -2.27. The van der Waals surface area contributed by atoms with Gasteiger partial charge in [-0.1, -0.05) is 24.3 Å². The summed E-state index contributed by atoms with van der Waals surface area (Å²) in [5.74, 6) is 0.0968. The van der Waals surface area contributed by atoms with Crippen molar-refractivity contribution >= 4 is 11.9 Å². The SMILES string of the molecule is Cc1cc(C)nc(NC(=O)C2CNCc3ccccc32)n1. The maximum absolute atomic E-state index is 12.5. The summed E-state index contributed by atoms with van der Waals surface area (Å²) in [4.78, 5) is 21.0. The maximum atomic E-state index is 12.5. The fraction of sp³-hybridized carbons (Fsp3) is 0.312. The van der Waals surface area contributed by atoms with E-state index in [9.17, 15) is 4.79 Å². The van der Waals surface area contributed by atoms with Crippen molar-refractivity contribution in [3.63, 3.8) is 0 Å². The molecule has 5 nitrogen and oxygen atoms in total. The van der Waals surface area contributed by atoms with E-state index >= 15 is 0 Å². The number of nitrogens with zero attached hydrogens (tertiary/aromatic N) is 2. The normalized spacial score (nSPS) is 17.1. The van der Waals surface area contributed by atoms with Gasteiger partial charge in [-0.05, 0) is 31.0 Å². The van der Waals surface area contributed by atoms with E-state index in [1.165, 1.54) is 5.56 Å². The molecular weight excluding hydrogens is 264 g/mol. The molecule has 1 aliphatic heterocycles. The number of hydrogen-bond donors (Lipinski definition) is 2. The number of anilines is 1. The Balaban J connectivity index is 1.83. The monoisotopic (exact) mass is 282 g/mol. The van der Waals surface area contributed by atoms with Crippen molar-refractivity contribution in [1.82, 2.24) is 15.3 Å². The third kappa shape index (κ3) is 2.92. The lowest BCUT2D eigenvalue weighted by molar-refractivity contribution is -0.117. The Morgan fingerprint density at radius 1 is 1.24 bits per heavy atom. The zero-order valence-corrected chi connectivity index (χ0v) is 12.2.